The van der Waals surface area contributed by atoms with Crippen LogP contribution in [0.25, 0.3) is 0 Å². The molecule has 0 radical (unpaired) electrons. The molecule has 0 fully saturated rings. The Hall–Kier alpha value is -0.230. The Kier molecular flexibility index (Phi) is 4.46. The lowest BCUT2D eigenvalue weighted by Crippen LogP contribution is -1.97. The van der Waals surface area contributed by atoms with Gasteiger partial charge in [0.25, 0.3) is 0 Å². The Morgan fingerprint density at radius 2 is 2.40 bits per heavy atom. The van der Waals surface area contributed by atoms with Crippen LogP contribution < -0.4 is 5.90 Å². The van der Waals surface area contributed by atoms with Gasteiger partial charge in [-0.15, -0.1) is 17.5 Å². The highest BCUT2D eigenvalue weighted by Gasteiger charge is 2.00. The Bertz CT molecular complexity index is 192. The second-order valence-electron chi connectivity index (χ2n) is 1.59. The second-order valence-corrected chi connectivity index (χ2v) is 2.43. The number of rotatable bonds is 2. The molecule has 0 aromatic carbocycles. The number of aromatic nitrogens is 2. The normalized spacial score (nSPS) is 9.00. The third-order valence-electron chi connectivity index (χ3n) is 0.960. The molecule has 0 bridgehead atoms. The number of aryl methyl sites for hydroxylation is 1. The topological polar surface area (TPSA) is 61.0 Å². The van der Waals surface area contributed by atoms with E-state index >= 15 is 0 Å². The van der Waals surface area contributed by atoms with Gasteiger partial charge in [-0.05, 0) is 18.5 Å². The minimum atomic E-state index is 0. The first-order chi connectivity index (χ1) is 4.34. The summed E-state index contributed by atoms with van der Waals surface area (Å²) < 4.78 is 3.70. The summed E-state index contributed by atoms with van der Waals surface area (Å²) in [5, 5.41) is 3.77. The van der Waals surface area contributed by atoms with E-state index in [-0.39, 0.29) is 12.4 Å². The average Bonchev–Trinajstić information content (AvgIpc) is 2.18. The molecule has 0 saturated carbocycles. The summed E-state index contributed by atoms with van der Waals surface area (Å²) >= 11 is 1.31. The van der Waals surface area contributed by atoms with Crippen LogP contribution in [-0.2, 0) is 11.4 Å². The maximum Gasteiger partial charge on any atom is 0.106 e. The van der Waals surface area contributed by atoms with E-state index in [4.69, 9.17) is 5.90 Å². The number of nitrogens with two attached hydrogens (primary N) is 1. The van der Waals surface area contributed by atoms with Crippen molar-refractivity contribution in [2.45, 2.75) is 13.5 Å². The maximum atomic E-state index is 4.84. The molecule has 2 N–H and O–H groups in total. The molecule has 0 aliphatic heterocycles. The molecule has 1 heterocycles. The van der Waals surface area contributed by atoms with Gasteiger partial charge in [0.2, 0.25) is 0 Å². The quantitative estimate of drug-likeness (QED) is 0.681. The van der Waals surface area contributed by atoms with E-state index in [0.29, 0.717) is 6.61 Å². The van der Waals surface area contributed by atoms with E-state index in [1.165, 1.54) is 11.5 Å². The van der Waals surface area contributed by atoms with E-state index < -0.39 is 0 Å². The van der Waals surface area contributed by atoms with Crippen molar-refractivity contribution in [2.75, 3.05) is 0 Å². The van der Waals surface area contributed by atoms with Gasteiger partial charge in [-0.3, -0.25) is 4.84 Å². The molecule has 1 aromatic heterocycles. The molecule has 1 aromatic rings. The van der Waals surface area contributed by atoms with Crippen molar-refractivity contribution in [3.8, 4) is 0 Å². The van der Waals surface area contributed by atoms with Crippen LogP contribution in [0.3, 0.4) is 0 Å². The van der Waals surface area contributed by atoms with Gasteiger partial charge in [0, 0.05) is 0 Å². The SMILES string of the molecule is Cc1nnsc1CON.Cl. The van der Waals surface area contributed by atoms with Crippen LogP contribution in [0.15, 0.2) is 0 Å². The van der Waals surface area contributed by atoms with E-state index in [1.54, 1.807) is 0 Å². The van der Waals surface area contributed by atoms with E-state index in [0.717, 1.165) is 10.6 Å². The summed E-state index contributed by atoms with van der Waals surface area (Å²) in [6, 6.07) is 0. The highest BCUT2D eigenvalue weighted by Crippen LogP contribution is 2.08. The predicted molar refractivity (Wildman–Crippen MR) is 40.9 cm³/mol. The summed E-state index contributed by atoms with van der Waals surface area (Å²) in [4.78, 5) is 5.38. The van der Waals surface area contributed by atoms with Crippen molar-refractivity contribution < 1.29 is 4.84 Å². The lowest BCUT2D eigenvalue weighted by Gasteiger charge is -1.90. The average molecular weight is 182 g/mol. The molecule has 0 saturated heterocycles. The third kappa shape index (κ3) is 2.18. The Morgan fingerprint density at radius 3 is 2.80 bits per heavy atom. The molecule has 0 amide bonds. The largest absolute Gasteiger partial charge is 0.299 e. The van der Waals surface area contributed by atoms with Crippen LogP contribution in [0, 0.1) is 6.92 Å². The van der Waals surface area contributed by atoms with Crippen molar-refractivity contribution in [2.24, 2.45) is 5.90 Å². The summed E-state index contributed by atoms with van der Waals surface area (Å²) in [5.41, 5.74) is 0.894. The van der Waals surface area contributed by atoms with Gasteiger partial charge in [-0.1, -0.05) is 4.49 Å². The molecule has 0 unspecified atom stereocenters. The molecule has 0 atom stereocenters. The van der Waals surface area contributed by atoms with Gasteiger partial charge < -0.3 is 0 Å². The number of halogens is 1. The van der Waals surface area contributed by atoms with E-state index in [1.807, 2.05) is 6.92 Å². The summed E-state index contributed by atoms with van der Waals surface area (Å²) in [6.45, 7) is 2.28. The third-order valence-corrected chi connectivity index (χ3v) is 1.76. The molecule has 10 heavy (non-hydrogen) atoms. The van der Waals surface area contributed by atoms with E-state index in [9.17, 15) is 0 Å². The number of hydrogen-bond acceptors (Lipinski definition) is 5. The van der Waals surface area contributed by atoms with Crippen molar-refractivity contribution in [3.63, 3.8) is 0 Å². The van der Waals surface area contributed by atoms with Crippen molar-refractivity contribution in [3.05, 3.63) is 10.6 Å². The van der Waals surface area contributed by atoms with Crippen LogP contribution in [0.5, 0.6) is 0 Å². The van der Waals surface area contributed by atoms with Gasteiger partial charge in [0.1, 0.15) is 6.61 Å². The van der Waals surface area contributed by atoms with E-state index in [2.05, 4.69) is 14.4 Å². The molecule has 4 nitrogen and oxygen atoms in total. The zero-order valence-corrected chi connectivity index (χ0v) is 7.04. The minimum Gasteiger partial charge on any atom is -0.299 e. The molecule has 6 heteroatoms. The van der Waals surface area contributed by atoms with Gasteiger partial charge in [-0.25, -0.2) is 5.90 Å². The Morgan fingerprint density at radius 1 is 1.70 bits per heavy atom. The Labute approximate surface area is 68.9 Å². The van der Waals surface area contributed by atoms with Crippen LogP contribution >= 0.6 is 23.9 Å². The summed E-state index contributed by atoms with van der Waals surface area (Å²) in [5.74, 6) is 4.84. The molecule has 1 rings (SSSR count). The maximum absolute atomic E-state index is 4.84. The lowest BCUT2D eigenvalue weighted by atomic mass is 10.4. The van der Waals surface area contributed by atoms with Crippen molar-refractivity contribution in [1.82, 2.24) is 9.59 Å². The highest BCUT2D eigenvalue weighted by molar-refractivity contribution is 7.05. The summed E-state index contributed by atoms with van der Waals surface area (Å²) in [6.07, 6.45) is 0. The van der Waals surface area contributed by atoms with Crippen LogP contribution in [-0.4, -0.2) is 9.59 Å². The van der Waals surface area contributed by atoms with Gasteiger partial charge in [0.05, 0.1) is 10.6 Å². The first kappa shape index (κ1) is 9.77. The monoisotopic (exact) mass is 181 g/mol. The van der Waals surface area contributed by atoms with Crippen LogP contribution in [0.1, 0.15) is 10.6 Å². The molecule has 0 aliphatic carbocycles. The van der Waals surface area contributed by atoms with Crippen molar-refractivity contribution in [1.29, 1.82) is 0 Å². The molecular weight excluding hydrogens is 174 g/mol. The highest BCUT2D eigenvalue weighted by atomic mass is 35.5. The number of nitrogens with zero attached hydrogens (tertiary/aromatic N) is 2. The zero-order chi connectivity index (χ0) is 6.69. The van der Waals surface area contributed by atoms with Crippen molar-refractivity contribution >= 4 is 23.9 Å². The fraction of sp³-hybridized carbons (Fsp3) is 0.500. The first-order valence-electron chi connectivity index (χ1n) is 2.44. The first-order valence-corrected chi connectivity index (χ1v) is 3.21. The number of hydrogen-bond donors (Lipinski definition) is 1. The zero-order valence-electron chi connectivity index (χ0n) is 5.40. The van der Waals surface area contributed by atoms with Gasteiger partial charge in [-0.2, -0.15) is 0 Å². The molecule has 0 spiro atoms. The summed E-state index contributed by atoms with van der Waals surface area (Å²) in [7, 11) is 0. The predicted octanol–water partition coefficient (Wildman–Crippen LogP) is 0.659. The van der Waals surface area contributed by atoms with Crippen LogP contribution in [0.4, 0.5) is 0 Å². The van der Waals surface area contributed by atoms with Gasteiger partial charge in [0.15, 0.2) is 0 Å². The van der Waals surface area contributed by atoms with Crippen LogP contribution in [0.2, 0.25) is 0 Å². The standard InChI is InChI=1S/C4H7N3OS.ClH/c1-3-4(2-8-5)9-7-6-3;/h2,5H2,1H3;1H. The molecule has 0 aliphatic rings. The molecule has 58 valence electrons. The fourth-order valence-corrected chi connectivity index (χ4v) is 1.01. The Balaban J connectivity index is 0.000000810. The second kappa shape index (κ2) is 4.56. The lowest BCUT2D eigenvalue weighted by molar-refractivity contribution is 0.126. The minimum absolute atomic E-state index is 0. The fourth-order valence-electron chi connectivity index (χ4n) is 0.459. The van der Waals surface area contributed by atoms with Gasteiger partial charge >= 0.3 is 0 Å². The molecular formula is C4H8ClN3OS. The smallest absolute Gasteiger partial charge is 0.106 e.